The van der Waals surface area contributed by atoms with Crippen molar-refractivity contribution in [3.63, 3.8) is 0 Å². The molecule has 0 aliphatic heterocycles. The predicted molar refractivity (Wildman–Crippen MR) is 66.7 cm³/mol. The molecule has 1 rings (SSSR count). The van der Waals surface area contributed by atoms with Crippen LogP contribution < -0.4 is 5.32 Å². The molecule has 2 nitrogen and oxygen atoms in total. The lowest BCUT2D eigenvalue weighted by Gasteiger charge is -2.23. The molecule has 1 aromatic rings. The zero-order chi connectivity index (χ0) is 12.3. The van der Waals surface area contributed by atoms with Crippen LogP contribution in [0.15, 0.2) is 18.2 Å². The minimum absolute atomic E-state index is 0.00146. The van der Waals surface area contributed by atoms with Crippen LogP contribution in [0.3, 0.4) is 0 Å². The van der Waals surface area contributed by atoms with Crippen LogP contribution in [-0.4, -0.2) is 16.8 Å². The summed E-state index contributed by atoms with van der Waals surface area (Å²) < 4.78 is 13.4. The summed E-state index contributed by atoms with van der Waals surface area (Å²) in [6.07, 6.45) is 0. The number of hydrogen-bond acceptors (Lipinski definition) is 1. The Labute approximate surface area is 107 Å². The standard InChI is InChI=1S/C11H12BrClFNO/c1-11(2,6-12)15-10(16)8-4-3-7(13)5-9(8)14/h3-5H,6H2,1-2H3,(H,15,16). The number of benzene rings is 1. The molecule has 0 aromatic heterocycles. The maximum absolute atomic E-state index is 13.4. The molecule has 88 valence electrons. The van der Waals surface area contributed by atoms with Crippen molar-refractivity contribution in [1.82, 2.24) is 5.32 Å². The molecule has 0 aliphatic rings. The van der Waals surface area contributed by atoms with Gasteiger partial charge in [-0.2, -0.15) is 0 Å². The number of nitrogens with one attached hydrogen (secondary N) is 1. The van der Waals surface area contributed by atoms with Crippen LogP contribution in [0.1, 0.15) is 24.2 Å². The number of hydrogen-bond donors (Lipinski definition) is 1. The van der Waals surface area contributed by atoms with E-state index in [9.17, 15) is 9.18 Å². The van der Waals surface area contributed by atoms with E-state index >= 15 is 0 Å². The van der Waals surface area contributed by atoms with Crippen LogP contribution in [-0.2, 0) is 0 Å². The highest BCUT2D eigenvalue weighted by molar-refractivity contribution is 9.09. The largest absolute Gasteiger partial charge is 0.346 e. The van der Waals surface area contributed by atoms with Crippen molar-refractivity contribution in [2.75, 3.05) is 5.33 Å². The summed E-state index contributed by atoms with van der Waals surface area (Å²) in [6.45, 7) is 3.68. The monoisotopic (exact) mass is 307 g/mol. The fourth-order valence-corrected chi connectivity index (χ4v) is 1.38. The van der Waals surface area contributed by atoms with E-state index in [-0.39, 0.29) is 10.6 Å². The molecule has 5 heteroatoms. The smallest absolute Gasteiger partial charge is 0.254 e. The van der Waals surface area contributed by atoms with E-state index < -0.39 is 17.3 Å². The molecule has 0 spiro atoms. The molecule has 16 heavy (non-hydrogen) atoms. The topological polar surface area (TPSA) is 29.1 Å². The Morgan fingerprint density at radius 3 is 2.69 bits per heavy atom. The van der Waals surface area contributed by atoms with E-state index in [1.807, 2.05) is 13.8 Å². The van der Waals surface area contributed by atoms with Gasteiger partial charge in [-0.3, -0.25) is 4.79 Å². The lowest BCUT2D eigenvalue weighted by Crippen LogP contribution is -2.45. The molecular formula is C11H12BrClFNO. The van der Waals surface area contributed by atoms with Gasteiger partial charge in [-0.1, -0.05) is 27.5 Å². The lowest BCUT2D eigenvalue weighted by molar-refractivity contribution is 0.0917. The van der Waals surface area contributed by atoms with Gasteiger partial charge >= 0.3 is 0 Å². The first-order valence-corrected chi connectivity index (χ1v) is 6.19. The van der Waals surface area contributed by atoms with Crippen molar-refractivity contribution >= 4 is 33.4 Å². The number of amides is 1. The van der Waals surface area contributed by atoms with Crippen molar-refractivity contribution in [2.45, 2.75) is 19.4 Å². The summed E-state index contributed by atoms with van der Waals surface area (Å²) in [6, 6.07) is 3.98. The normalized spacial score (nSPS) is 11.3. The fourth-order valence-electron chi connectivity index (χ4n) is 1.08. The summed E-state index contributed by atoms with van der Waals surface area (Å²) in [5.74, 6) is -1.06. The molecular weight excluding hydrogens is 296 g/mol. The first kappa shape index (κ1) is 13.5. The molecule has 1 amide bonds. The first-order chi connectivity index (χ1) is 7.35. The van der Waals surface area contributed by atoms with Crippen molar-refractivity contribution < 1.29 is 9.18 Å². The number of alkyl halides is 1. The molecule has 0 bridgehead atoms. The molecule has 0 saturated carbocycles. The average Bonchev–Trinajstić information content (AvgIpc) is 2.16. The first-order valence-electron chi connectivity index (χ1n) is 4.69. The van der Waals surface area contributed by atoms with Gasteiger partial charge in [0.1, 0.15) is 5.82 Å². The van der Waals surface area contributed by atoms with Gasteiger partial charge in [-0.25, -0.2) is 4.39 Å². The minimum Gasteiger partial charge on any atom is -0.346 e. The van der Waals surface area contributed by atoms with E-state index in [1.165, 1.54) is 12.1 Å². The molecule has 0 heterocycles. The summed E-state index contributed by atoms with van der Waals surface area (Å²) in [5, 5.41) is 3.57. The highest BCUT2D eigenvalue weighted by atomic mass is 79.9. The number of rotatable bonds is 3. The molecule has 0 aliphatic carbocycles. The molecule has 0 saturated heterocycles. The van der Waals surface area contributed by atoms with E-state index in [0.29, 0.717) is 5.33 Å². The number of carbonyl (C=O) groups excluding carboxylic acids is 1. The number of carbonyl (C=O) groups is 1. The highest BCUT2D eigenvalue weighted by Gasteiger charge is 2.21. The van der Waals surface area contributed by atoms with Crippen molar-refractivity contribution in [2.24, 2.45) is 0 Å². The van der Waals surface area contributed by atoms with Gasteiger partial charge in [-0.15, -0.1) is 0 Å². The number of halogens is 3. The van der Waals surface area contributed by atoms with Gasteiger partial charge in [0.25, 0.3) is 5.91 Å². The third kappa shape index (κ3) is 3.46. The van der Waals surface area contributed by atoms with Crippen molar-refractivity contribution in [1.29, 1.82) is 0 Å². The second kappa shape index (κ2) is 5.15. The van der Waals surface area contributed by atoms with Crippen molar-refractivity contribution in [3.8, 4) is 0 Å². The Morgan fingerprint density at radius 1 is 1.56 bits per heavy atom. The Bertz CT molecular complexity index is 409. The van der Waals surface area contributed by atoms with E-state index in [1.54, 1.807) is 0 Å². The van der Waals surface area contributed by atoms with Crippen LogP contribution in [0.25, 0.3) is 0 Å². The highest BCUT2D eigenvalue weighted by Crippen LogP contribution is 2.16. The molecule has 1 N–H and O–H groups in total. The second-order valence-corrected chi connectivity index (χ2v) is 5.09. The Hall–Kier alpha value is -0.610. The van der Waals surface area contributed by atoms with E-state index in [4.69, 9.17) is 11.6 Å². The summed E-state index contributed by atoms with van der Waals surface area (Å²) in [4.78, 5) is 11.7. The van der Waals surface area contributed by atoms with Crippen molar-refractivity contribution in [3.05, 3.63) is 34.6 Å². The van der Waals surface area contributed by atoms with Gasteiger partial charge in [0.05, 0.1) is 5.56 Å². The SMILES string of the molecule is CC(C)(CBr)NC(=O)c1ccc(Cl)cc1F. The molecule has 0 fully saturated rings. The fraction of sp³-hybridized carbons (Fsp3) is 0.364. The van der Waals surface area contributed by atoms with Crippen LogP contribution in [0.2, 0.25) is 5.02 Å². The van der Waals surface area contributed by atoms with Crippen LogP contribution in [0, 0.1) is 5.82 Å². The Morgan fingerprint density at radius 2 is 2.19 bits per heavy atom. The quantitative estimate of drug-likeness (QED) is 0.852. The Balaban J connectivity index is 2.89. The summed E-state index contributed by atoms with van der Waals surface area (Å²) in [5.41, 5.74) is -0.429. The zero-order valence-corrected chi connectivity index (χ0v) is 11.3. The average molecular weight is 309 g/mol. The van der Waals surface area contributed by atoms with Gasteiger partial charge in [0, 0.05) is 15.9 Å². The van der Waals surface area contributed by atoms with E-state index in [2.05, 4.69) is 21.2 Å². The second-order valence-electron chi connectivity index (χ2n) is 4.10. The predicted octanol–water partition coefficient (Wildman–Crippen LogP) is 3.38. The van der Waals surface area contributed by atoms with Crippen LogP contribution >= 0.6 is 27.5 Å². The molecule has 0 radical (unpaired) electrons. The van der Waals surface area contributed by atoms with E-state index in [0.717, 1.165) is 6.07 Å². The van der Waals surface area contributed by atoms with Gasteiger partial charge in [0.2, 0.25) is 0 Å². The van der Waals surface area contributed by atoms with Crippen LogP contribution in [0.4, 0.5) is 4.39 Å². The van der Waals surface area contributed by atoms with Gasteiger partial charge in [-0.05, 0) is 32.0 Å². The zero-order valence-electron chi connectivity index (χ0n) is 8.98. The summed E-state index contributed by atoms with van der Waals surface area (Å²) in [7, 11) is 0. The third-order valence-corrected chi connectivity index (χ3v) is 3.60. The molecule has 0 atom stereocenters. The maximum atomic E-state index is 13.4. The van der Waals surface area contributed by atoms with Crippen LogP contribution in [0.5, 0.6) is 0 Å². The summed E-state index contributed by atoms with van der Waals surface area (Å²) >= 11 is 8.88. The maximum Gasteiger partial charge on any atom is 0.254 e. The lowest BCUT2D eigenvalue weighted by atomic mass is 10.1. The molecule has 1 aromatic carbocycles. The van der Waals surface area contributed by atoms with Gasteiger partial charge < -0.3 is 5.32 Å². The van der Waals surface area contributed by atoms with Gasteiger partial charge in [0.15, 0.2) is 0 Å². The molecule has 0 unspecified atom stereocenters. The Kier molecular flexibility index (Phi) is 4.33. The third-order valence-electron chi connectivity index (χ3n) is 1.96. The minimum atomic E-state index is -0.615.